The van der Waals surface area contributed by atoms with Gasteiger partial charge in [0.15, 0.2) is 5.58 Å². The molecule has 2 aromatic carbocycles. The molecule has 0 saturated heterocycles. The summed E-state index contributed by atoms with van der Waals surface area (Å²) in [5, 5.41) is 5.30. The molecule has 2 aromatic heterocycles. The molecule has 1 unspecified atom stereocenters. The molecule has 0 amide bonds. The van der Waals surface area contributed by atoms with Gasteiger partial charge in [0.1, 0.15) is 15.0 Å². The van der Waals surface area contributed by atoms with Crippen LogP contribution in [-0.4, -0.2) is 19.4 Å². The summed E-state index contributed by atoms with van der Waals surface area (Å²) in [7, 11) is 0. The van der Waals surface area contributed by atoms with E-state index in [-0.39, 0.29) is 6.04 Å². The predicted molar refractivity (Wildman–Crippen MR) is 137 cm³/mol. The van der Waals surface area contributed by atoms with Gasteiger partial charge in [0.25, 0.3) is 0 Å². The summed E-state index contributed by atoms with van der Waals surface area (Å²) in [6.07, 6.45) is 0.569. The number of nitrogens with one attached hydrogen (secondary N) is 1. The minimum atomic E-state index is -1.27. The normalized spacial score (nSPS) is 13.9. The smallest absolute Gasteiger partial charge is 0.168 e. The molecular formula is C24H23Br2N3O2S. The van der Waals surface area contributed by atoms with Gasteiger partial charge in [-0.25, -0.2) is 4.98 Å². The van der Waals surface area contributed by atoms with Gasteiger partial charge >= 0.3 is 0 Å². The van der Waals surface area contributed by atoms with E-state index in [4.69, 9.17) is 4.52 Å². The second-order valence-electron chi connectivity index (χ2n) is 8.47. The van der Waals surface area contributed by atoms with E-state index in [1.54, 1.807) is 0 Å². The van der Waals surface area contributed by atoms with Crippen LogP contribution in [0, 0.1) is 0 Å². The van der Waals surface area contributed by atoms with Crippen LogP contribution >= 0.6 is 31.9 Å². The van der Waals surface area contributed by atoms with Crippen molar-refractivity contribution in [2.45, 2.75) is 38.0 Å². The lowest BCUT2D eigenvalue weighted by molar-refractivity contribution is 0.459. The number of hydrogen-bond donors (Lipinski definition) is 1. The van der Waals surface area contributed by atoms with Crippen LogP contribution in [0.4, 0.5) is 0 Å². The van der Waals surface area contributed by atoms with Crippen LogP contribution in [0.5, 0.6) is 0 Å². The van der Waals surface area contributed by atoms with Crippen LogP contribution in [0.3, 0.4) is 0 Å². The third kappa shape index (κ3) is 5.26. The summed E-state index contributed by atoms with van der Waals surface area (Å²) in [5.41, 5.74) is 4.29. The molecule has 4 rings (SSSR count). The lowest BCUT2D eigenvalue weighted by atomic mass is 9.94. The maximum Gasteiger partial charge on any atom is 0.168 e. The zero-order valence-electron chi connectivity index (χ0n) is 17.9. The molecule has 32 heavy (non-hydrogen) atoms. The van der Waals surface area contributed by atoms with Crippen LogP contribution in [-0.2, 0) is 17.8 Å². The summed E-state index contributed by atoms with van der Waals surface area (Å²) >= 11 is 5.66. The summed E-state index contributed by atoms with van der Waals surface area (Å²) in [4.78, 5) is 4.60. The number of nitrogens with zero attached hydrogens (tertiary/aromatic N) is 2. The lowest BCUT2D eigenvalue weighted by Gasteiger charge is -2.29. The zero-order chi connectivity index (χ0) is 22.9. The highest BCUT2D eigenvalue weighted by molar-refractivity contribution is 9.10. The van der Waals surface area contributed by atoms with Gasteiger partial charge in [-0.05, 0) is 72.6 Å². The van der Waals surface area contributed by atoms with Gasteiger partial charge in [-0.15, -0.1) is 4.72 Å². The number of halogens is 2. The molecule has 1 N–H and O–H groups in total. The number of pyridine rings is 1. The van der Waals surface area contributed by atoms with Crippen molar-refractivity contribution < 1.29 is 9.08 Å². The monoisotopic (exact) mass is 575 g/mol. The topological polar surface area (TPSA) is 74.0 Å². The highest BCUT2D eigenvalue weighted by Gasteiger charge is 2.31. The average molecular weight is 577 g/mol. The molecule has 166 valence electrons. The molecule has 0 aliphatic carbocycles. The summed E-state index contributed by atoms with van der Waals surface area (Å²) in [6.45, 7) is 5.87. The van der Waals surface area contributed by atoms with Crippen molar-refractivity contribution in [1.29, 1.82) is 0 Å². The highest BCUT2D eigenvalue weighted by atomic mass is 79.9. The summed E-state index contributed by atoms with van der Waals surface area (Å²) in [5.74, 6) is 0. The minimum Gasteiger partial charge on any atom is -0.598 e. The van der Waals surface area contributed by atoms with E-state index in [1.165, 1.54) is 0 Å². The van der Waals surface area contributed by atoms with Crippen molar-refractivity contribution in [2.75, 3.05) is 0 Å². The number of benzene rings is 2. The van der Waals surface area contributed by atoms with Gasteiger partial charge in [-0.3, -0.25) is 0 Å². The molecule has 5 nitrogen and oxygen atoms in total. The number of fused-ring (bicyclic) bond motifs is 1. The average Bonchev–Trinajstić information content (AvgIpc) is 3.15. The first kappa shape index (κ1) is 23.4. The Morgan fingerprint density at radius 2 is 1.84 bits per heavy atom. The first-order chi connectivity index (χ1) is 15.2. The van der Waals surface area contributed by atoms with Gasteiger partial charge in [-0.2, -0.15) is 0 Å². The van der Waals surface area contributed by atoms with E-state index >= 15 is 0 Å². The predicted octanol–water partition coefficient (Wildman–Crippen LogP) is 6.75. The Morgan fingerprint density at radius 1 is 1.06 bits per heavy atom. The maximum atomic E-state index is 13.1. The minimum absolute atomic E-state index is 0.241. The Morgan fingerprint density at radius 3 is 2.59 bits per heavy atom. The highest BCUT2D eigenvalue weighted by Crippen LogP contribution is 2.35. The van der Waals surface area contributed by atoms with Crippen molar-refractivity contribution >= 4 is 54.2 Å². The molecule has 0 radical (unpaired) electrons. The Balaban J connectivity index is 1.80. The SMILES string of the molecule is CC(C)(C)[S+]([O-])N[C@@H](Cc1cccc(Br)n1)c1ccccc1-c1noc2cc(Br)ccc12. The van der Waals surface area contributed by atoms with Crippen LogP contribution < -0.4 is 4.72 Å². The standard InChI is InChI=1S/C24H23Br2N3O2S/c1-24(2,3)32(30)29-20(14-16-7-6-10-22(26)27-16)17-8-4-5-9-18(17)23-19-12-11-15(25)13-21(19)31-28-23/h4-13,20,29H,14H2,1-3H3/t20-,32?/m0/s1. The maximum absolute atomic E-state index is 13.1. The fourth-order valence-corrected chi connectivity index (χ4v) is 4.96. The Hall–Kier alpha value is -1.71. The molecule has 0 fully saturated rings. The molecular weight excluding hydrogens is 554 g/mol. The summed E-state index contributed by atoms with van der Waals surface area (Å²) < 4.78 is 23.3. The van der Waals surface area contributed by atoms with Crippen molar-refractivity contribution in [3.05, 3.63) is 81.0 Å². The Bertz CT molecular complexity index is 1240. The summed E-state index contributed by atoms with van der Waals surface area (Å²) in [6, 6.07) is 19.5. The van der Waals surface area contributed by atoms with Gasteiger partial charge in [0.05, 0.1) is 6.04 Å². The molecule has 4 aromatic rings. The van der Waals surface area contributed by atoms with Gasteiger partial charge in [-0.1, -0.05) is 51.4 Å². The third-order valence-electron chi connectivity index (χ3n) is 5.02. The van der Waals surface area contributed by atoms with Crippen LogP contribution in [0.25, 0.3) is 22.2 Å². The van der Waals surface area contributed by atoms with Crippen LogP contribution in [0.15, 0.2) is 74.3 Å². The van der Waals surface area contributed by atoms with E-state index < -0.39 is 16.1 Å². The van der Waals surface area contributed by atoms with E-state index in [0.717, 1.165) is 37.0 Å². The number of rotatable bonds is 6. The van der Waals surface area contributed by atoms with E-state index in [1.807, 2.05) is 81.4 Å². The molecule has 0 aliphatic heterocycles. The second-order valence-corrected chi connectivity index (χ2v) is 12.2. The molecule has 0 saturated carbocycles. The Labute approximate surface area is 207 Å². The van der Waals surface area contributed by atoms with Crippen molar-refractivity contribution in [2.24, 2.45) is 0 Å². The van der Waals surface area contributed by atoms with Gasteiger partial charge in [0, 0.05) is 38.9 Å². The zero-order valence-corrected chi connectivity index (χ0v) is 21.9. The first-order valence-corrected chi connectivity index (χ1v) is 12.9. The number of aromatic nitrogens is 2. The lowest BCUT2D eigenvalue weighted by Crippen LogP contribution is -2.42. The van der Waals surface area contributed by atoms with E-state index in [2.05, 4.69) is 46.7 Å². The first-order valence-electron chi connectivity index (χ1n) is 10.2. The van der Waals surface area contributed by atoms with Crippen LogP contribution in [0.1, 0.15) is 38.1 Å². The van der Waals surface area contributed by atoms with Gasteiger partial charge < -0.3 is 9.08 Å². The van der Waals surface area contributed by atoms with E-state index in [0.29, 0.717) is 12.0 Å². The molecule has 8 heteroatoms. The molecule has 0 bridgehead atoms. The largest absolute Gasteiger partial charge is 0.598 e. The Kier molecular flexibility index (Phi) is 7.07. The van der Waals surface area contributed by atoms with Crippen molar-refractivity contribution in [3.8, 4) is 11.3 Å². The fourth-order valence-electron chi connectivity index (χ4n) is 3.42. The van der Waals surface area contributed by atoms with E-state index in [9.17, 15) is 4.55 Å². The fraction of sp³-hybridized carbons (Fsp3) is 0.250. The molecule has 2 atom stereocenters. The molecule has 2 heterocycles. The molecule has 0 aliphatic rings. The second kappa shape index (κ2) is 9.65. The van der Waals surface area contributed by atoms with Crippen molar-refractivity contribution in [1.82, 2.24) is 14.9 Å². The third-order valence-corrected chi connectivity index (χ3v) is 7.56. The van der Waals surface area contributed by atoms with Gasteiger partial charge in [0.2, 0.25) is 0 Å². The quantitative estimate of drug-likeness (QED) is 0.203. The van der Waals surface area contributed by atoms with Crippen LogP contribution in [0.2, 0.25) is 0 Å². The van der Waals surface area contributed by atoms with Crippen molar-refractivity contribution in [3.63, 3.8) is 0 Å². The number of hydrogen-bond acceptors (Lipinski definition) is 5. The molecule has 0 spiro atoms.